The Bertz CT molecular complexity index is 836. The smallest absolute Gasteiger partial charge is 0.326 e. The molecule has 0 bridgehead atoms. The zero-order valence-corrected chi connectivity index (χ0v) is 17.5. The van der Waals surface area contributed by atoms with Gasteiger partial charge in [-0.2, -0.15) is 0 Å². The molecule has 1 spiro atoms. The number of amides is 3. The molecule has 1 saturated heterocycles. The van der Waals surface area contributed by atoms with Gasteiger partial charge in [-0.05, 0) is 61.0 Å². The molecule has 6 nitrogen and oxygen atoms in total. The van der Waals surface area contributed by atoms with Crippen LogP contribution in [-0.4, -0.2) is 35.5 Å². The van der Waals surface area contributed by atoms with Crippen molar-refractivity contribution in [3.8, 4) is 0 Å². The summed E-state index contributed by atoms with van der Waals surface area (Å²) >= 11 is 0. The largest absolute Gasteiger partial charge is 0.461 e. The van der Waals surface area contributed by atoms with Crippen LogP contribution in [0.4, 0.5) is 4.79 Å². The van der Waals surface area contributed by atoms with Crippen LogP contribution in [0.1, 0.15) is 64.0 Å². The maximum atomic E-state index is 13.1. The fraction of sp³-hybridized carbons (Fsp3) is 0.609. The molecule has 1 aliphatic heterocycles. The lowest BCUT2D eigenvalue weighted by Crippen LogP contribution is -2.42. The van der Waals surface area contributed by atoms with Crippen LogP contribution in [0.15, 0.2) is 24.3 Å². The van der Waals surface area contributed by atoms with Crippen LogP contribution in [0.3, 0.4) is 0 Å². The summed E-state index contributed by atoms with van der Waals surface area (Å²) in [5.74, 6) is -0.220. The van der Waals surface area contributed by atoms with Crippen LogP contribution in [0.5, 0.6) is 0 Å². The van der Waals surface area contributed by atoms with Crippen molar-refractivity contribution in [1.82, 2.24) is 10.2 Å². The third-order valence-corrected chi connectivity index (χ3v) is 6.91. The van der Waals surface area contributed by atoms with Crippen molar-refractivity contribution in [2.24, 2.45) is 11.3 Å². The Morgan fingerprint density at radius 1 is 1.17 bits per heavy atom. The zero-order valence-electron chi connectivity index (χ0n) is 17.5. The summed E-state index contributed by atoms with van der Waals surface area (Å²) in [6, 6.07) is 7.16. The van der Waals surface area contributed by atoms with Gasteiger partial charge in [0.1, 0.15) is 18.2 Å². The van der Waals surface area contributed by atoms with Gasteiger partial charge in [0.15, 0.2) is 0 Å². The Kier molecular flexibility index (Phi) is 4.91. The summed E-state index contributed by atoms with van der Waals surface area (Å²) in [5.41, 5.74) is 1.15. The highest BCUT2D eigenvalue weighted by Gasteiger charge is 2.55. The van der Waals surface area contributed by atoms with Gasteiger partial charge in [0.2, 0.25) is 0 Å². The van der Waals surface area contributed by atoms with E-state index in [1.807, 2.05) is 24.3 Å². The van der Waals surface area contributed by atoms with E-state index in [0.717, 1.165) is 48.1 Å². The maximum Gasteiger partial charge on any atom is 0.326 e. The van der Waals surface area contributed by atoms with Crippen LogP contribution in [0.25, 0.3) is 0 Å². The number of hydrogen-bond donors (Lipinski definition) is 1. The Labute approximate surface area is 172 Å². The quantitative estimate of drug-likeness (QED) is 0.624. The molecule has 0 radical (unpaired) electrons. The minimum absolute atomic E-state index is 0.122. The Morgan fingerprint density at radius 3 is 2.55 bits per heavy atom. The minimum atomic E-state index is -1.03. The molecular formula is C23H30N2O4. The van der Waals surface area contributed by atoms with E-state index in [0.29, 0.717) is 12.3 Å². The lowest BCUT2D eigenvalue weighted by Gasteiger charge is -2.36. The van der Waals surface area contributed by atoms with E-state index < -0.39 is 17.5 Å². The molecule has 1 aromatic carbocycles. The third kappa shape index (κ3) is 3.53. The van der Waals surface area contributed by atoms with Crippen LogP contribution in [0.2, 0.25) is 0 Å². The first-order valence-corrected chi connectivity index (χ1v) is 10.6. The van der Waals surface area contributed by atoms with Gasteiger partial charge in [-0.1, -0.05) is 45.0 Å². The molecule has 29 heavy (non-hydrogen) atoms. The number of ether oxygens (including phenoxy) is 1. The number of nitrogens with zero attached hydrogens (tertiary/aromatic N) is 1. The number of benzene rings is 1. The van der Waals surface area contributed by atoms with E-state index in [1.54, 1.807) is 0 Å². The molecule has 1 unspecified atom stereocenters. The van der Waals surface area contributed by atoms with Crippen LogP contribution in [-0.2, 0) is 26.3 Å². The molecule has 2 fully saturated rings. The number of carbonyl (C=O) groups excluding carboxylic acids is 3. The molecule has 1 saturated carbocycles. The second kappa shape index (κ2) is 7.15. The Balaban J connectivity index is 1.38. The maximum absolute atomic E-state index is 13.1. The molecule has 1 atom stereocenters. The molecule has 4 rings (SSSR count). The highest BCUT2D eigenvalue weighted by molar-refractivity contribution is 6.09. The number of hydrogen-bond acceptors (Lipinski definition) is 4. The standard InChI is InChI=1S/C23H30N2O4/c1-22(2,3)16-8-10-17(11-9-16)29-19(26)14-25-20(27)23(24-21(25)28)13-12-15-6-4-5-7-18(15)23/h4-7,16-17H,8-14H2,1-3H3,(H,24,28). The molecule has 3 amide bonds. The van der Waals surface area contributed by atoms with Gasteiger partial charge in [-0.3, -0.25) is 14.5 Å². The number of carbonyl (C=O) groups is 3. The first kappa shape index (κ1) is 19.9. The number of esters is 1. The van der Waals surface area contributed by atoms with E-state index in [-0.39, 0.29) is 24.0 Å². The van der Waals surface area contributed by atoms with Gasteiger partial charge < -0.3 is 10.1 Å². The summed E-state index contributed by atoms with van der Waals surface area (Å²) in [5, 5.41) is 2.85. The molecule has 3 aliphatic rings. The average Bonchev–Trinajstić information content (AvgIpc) is 3.15. The van der Waals surface area contributed by atoms with Gasteiger partial charge in [-0.15, -0.1) is 0 Å². The van der Waals surface area contributed by atoms with E-state index >= 15 is 0 Å². The first-order valence-electron chi connectivity index (χ1n) is 10.6. The minimum Gasteiger partial charge on any atom is -0.461 e. The van der Waals surface area contributed by atoms with Crippen molar-refractivity contribution in [2.75, 3.05) is 6.54 Å². The predicted molar refractivity (Wildman–Crippen MR) is 108 cm³/mol. The summed E-state index contributed by atoms with van der Waals surface area (Å²) in [6.07, 6.45) is 4.88. The summed E-state index contributed by atoms with van der Waals surface area (Å²) < 4.78 is 5.62. The summed E-state index contributed by atoms with van der Waals surface area (Å²) in [6.45, 7) is 6.42. The van der Waals surface area contributed by atoms with E-state index in [9.17, 15) is 14.4 Å². The number of fused-ring (bicyclic) bond motifs is 2. The van der Waals surface area contributed by atoms with Crippen LogP contribution >= 0.6 is 0 Å². The molecule has 156 valence electrons. The van der Waals surface area contributed by atoms with Crippen LogP contribution in [0, 0.1) is 11.3 Å². The number of urea groups is 1. The number of aryl methyl sites for hydroxylation is 1. The Morgan fingerprint density at radius 2 is 1.86 bits per heavy atom. The van der Waals surface area contributed by atoms with Crippen molar-refractivity contribution in [1.29, 1.82) is 0 Å². The lowest BCUT2D eigenvalue weighted by atomic mass is 9.72. The van der Waals surface area contributed by atoms with Crippen molar-refractivity contribution in [3.05, 3.63) is 35.4 Å². The molecule has 1 heterocycles. The zero-order chi connectivity index (χ0) is 20.8. The number of imide groups is 1. The topological polar surface area (TPSA) is 75.7 Å². The molecular weight excluding hydrogens is 368 g/mol. The van der Waals surface area contributed by atoms with E-state index in [1.165, 1.54) is 0 Å². The van der Waals surface area contributed by atoms with Crippen molar-refractivity contribution in [2.45, 2.75) is 70.9 Å². The highest BCUT2D eigenvalue weighted by Crippen LogP contribution is 2.41. The molecule has 2 aliphatic carbocycles. The van der Waals surface area contributed by atoms with Gasteiger partial charge in [0, 0.05) is 0 Å². The Hall–Kier alpha value is -2.37. The van der Waals surface area contributed by atoms with E-state index in [4.69, 9.17) is 4.74 Å². The molecule has 1 N–H and O–H groups in total. The molecule has 1 aromatic rings. The normalized spacial score (nSPS) is 29.1. The fourth-order valence-electron chi connectivity index (χ4n) is 5.13. The van der Waals surface area contributed by atoms with E-state index in [2.05, 4.69) is 26.1 Å². The van der Waals surface area contributed by atoms with Crippen molar-refractivity contribution in [3.63, 3.8) is 0 Å². The SMILES string of the molecule is CC(C)(C)C1CCC(OC(=O)CN2C(=O)NC3(CCc4ccccc43)C2=O)CC1. The van der Waals surface area contributed by atoms with Crippen LogP contribution < -0.4 is 5.32 Å². The summed E-state index contributed by atoms with van der Waals surface area (Å²) in [7, 11) is 0. The molecule has 6 heteroatoms. The second-order valence-corrected chi connectivity index (χ2v) is 9.71. The predicted octanol–water partition coefficient (Wildman–Crippen LogP) is 3.53. The summed E-state index contributed by atoms with van der Waals surface area (Å²) in [4.78, 5) is 39.2. The average molecular weight is 399 g/mol. The van der Waals surface area contributed by atoms with Crippen molar-refractivity contribution < 1.29 is 19.1 Å². The molecule has 0 aromatic heterocycles. The van der Waals surface area contributed by atoms with Gasteiger partial charge in [0.05, 0.1) is 0 Å². The third-order valence-electron chi connectivity index (χ3n) is 6.91. The second-order valence-electron chi connectivity index (χ2n) is 9.71. The first-order chi connectivity index (χ1) is 13.7. The van der Waals surface area contributed by atoms with Gasteiger partial charge in [-0.25, -0.2) is 4.79 Å². The number of rotatable bonds is 3. The highest BCUT2D eigenvalue weighted by atomic mass is 16.5. The van der Waals surface area contributed by atoms with Gasteiger partial charge in [0.25, 0.3) is 5.91 Å². The van der Waals surface area contributed by atoms with Crippen molar-refractivity contribution >= 4 is 17.9 Å². The van der Waals surface area contributed by atoms with Gasteiger partial charge >= 0.3 is 12.0 Å². The number of nitrogens with one attached hydrogen (secondary N) is 1. The fourth-order valence-corrected chi connectivity index (χ4v) is 5.13. The lowest BCUT2D eigenvalue weighted by molar-refractivity contribution is -0.154. The monoisotopic (exact) mass is 398 g/mol.